The van der Waals surface area contributed by atoms with E-state index in [1.165, 1.54) is 28.2 Å². The molecule has 2 heterocycles. The smallest absolute Gasteiger partial charge is 0.187 e. The second-order valence-corrected chi connectivity index (χ2v) is 7.30. The molecule has 0 saturated carbocycles. The molecule has 0 aliphatic rings. The molecular formula is C19H18N4OS2. The first kappa shape index (κ1) is 18.3. The van der Waals surface area contributed by atoms with Gasteiger partial charge in [-0.15, -0.1) is 22.7 Å². The van der Waals surface area contributed by atoms with Gasteiger partial charge in [0.25, 0.3) is 0 Å². The number of hydrogen-bond acceptors (Lipinski definition) is 7. The first-order chi connectivity index (χ1) is 12.7. The summed E-state index contributed by atoms with van der Waals surface area (Å²) in [5.74, 6) is 0. The number of ether oxygens (including phenoxy) is 1. The highest BCUT2D eigenvalue weighted by Crippen LogP contribution is 2.26. The Hall–Kier alpha value is -2.53. The van der Waals surface area contributed by atoms with Crippen molar-refractivity contribution in [2.45, 2.75) is 13.3 Å². The number of anilines is 1. The molecule has 3 aromatic rings. The summed E-state index contributed by atoms with van der Waals surface area (Å²) in [6, 6.07) is 10.5. The van der Waals surface area contributed by atoms with E-state index in [0.29, 0.717) is 10.6 Å². The molecule has 0 atom stereocenters. The van der Waals surface area contributed by atoms with Crippen LogP contribution in [0.15, 0.2) is 41.2 Å². The fourth-order valence-electron chi connectivity index (χ4n) is 2.29. The number of benzene rings is 1. The molecule has 0 spiro atoms. The zero-order chi connectivity index (χ0) is 18.4. The molecule has 0 aliphatic carbocycles. The molecule has 132 valence electrons. The Kier molecular flexibility index (Phi) is 6.12. The summed E-state index contributed by atoms with van der Waals surface area (Å²) in [5, 5.41) is 17.8. The van der Waals surface area contributed by atoms with Crippen molar-refractivity contribution >= 4 is 33.4 Å². The molecule has 7 heteroatoms. The van der Waals surface area contributed by atoms with Gasteiger partial charge in [-0.3, -0.25) is 0 Å². The van der Waals surface area contributed by atoms with E-state index in [2.05, 4.69) is 45.6 Å². The van der Waals surface area contributed by atoms with E-state index in [0.717, 1.165) is 35.1 Å². The number of thiazole rings is 2. The highest BCUT2D eigenvalue weighted by atomic mass is 32.1. The van der Waals surface area contributed by atoms with Crippen molar-refractivity contribution in [1.82, 2.24) is 9.97 Å². The predicted octanol–water partition coefficient (Wildman–Crippen LogP) is 4.74. The SMILES string of the molecule is COCCc1ccc(-c2csc(N/C=C(\C#N)c3nc(C)cs3)n2)cc1. The lowest BCUT2D eigenvalue weighted by atomic mass is 10.1. The van der Waals surface area contributed by atoms with Crippen molar-refractivity contribution < 1.29 is 4.74 Å². The summed E-state index contributed by atoms with van der Waals surface area (Å²) >= 11 is 2.96. The molecule has 0 radical (unpaired) electrons. The van der Waals surface area contributed by atoms with E-state index >= 15 is 0 Å². The first-order valence-corrected chi connectivity index (χ1v) is 9.78. The molecule has 0 saturated heterocycles. The van der Waals surface area contributed by atoms with Gasteiger partial charge >= 0.3 is 0 Å². The lowest BCUT2D eigenvalue weighted by Gasteiger charge is -2.02. The topological polar surface area (TPSA) is 70.8 Å². The minimum absolute atomic E-state index is 0.502. The number of aryl methyl sites for hydroxylation is 1. The van der Waals surface area contributed by atoms with Gasteiger partial charge in [0.15, 0.2) is 5.13 Å². The molecule has 1 aromatic carbocycles. The van der Waals surface area contributed by atoms with Crippen LogP contribution in [0, 0.1) is 18.3 Å². The maximum Gasteiger partial charge on any atom is 0.187 e. The number of methoxy groups -OCH3 is 1. The summed E-state index contributed by atoms with van der Waals surface area (Å²) in [6.07, 6.45) is 2.56. The van der Waals surface area contributed by atoms with Crippen molar-refractivity contribution in [3.63, 3.8) is 0 Å². The van der Waals surface area contributed by atoms with E-state index in [-0.39, 0.29) is 0 Å². The third kappa shape index (κ3) is 4.55. The minimum atomic E-state index is 0.502. The zero-order valence-corrected chi connectivity index (χ0v) is 16.2. The van der Waals surface area contributed by atoms with E-state index in [1.807, 2.05) is 17.7 Å². The van der Waals surface area contributed by atoms with E-state index in [1.54, 1.807) is 13.3 Å². The highest BCUT2D eigenvalue weighted by molar-refractivity contribution is 7.14. The summed E-state index contributed by atoms with van der Waals surface area (Å²) < 4.78 is 5.10. The molecule has 0 amide bonds. The summed E-state index contributed by atoms with van der Waals surface area (Å²) in [6.45, 7) is 2.63. The Balaban J connectivity index is 1.69. The number of nitrogens with zero attached hydrogens (tertiary/aromatic N) is 3. The molecule has 1 N–H and O–H groups in total. The van der Waals surface area contributed by atoms with Crippen LogP contribution in [0.25, 0.3) is 16.8 Å². The van der Waals surface area contributed by atoms with Gasteiger partial charge < -0.3 is 10.1 Å². The van der Waals surface area contributed by atoms with Gasteiger partial charge in [-0.1, -0.05) is 24.3 Å². The number of aromatic nitrogens is 2. The van der Waals surface area contributed by atoms with Crippen LogP contribution in [0.5, 0.6) is 0 Å². The highest BCUT2D eigenvalue weighted by Gasteiger charge is 2.07. The largest absolute Gasteiger partial charge is 0.384 e. The fourth-order valence-corrected chi connectivity index (χ4v) is 3.74. The number of nitriles is 1. The van der Waals surface area contributed by atoms with Gasteiger partial charge in [-0.25, -0.2) is 9.97 Å². The second-order valence-electron chi connectivity index (χ2n) is 5.59. The number of rotatable bonds is 7. The van der Waals surface area contributed by atoms with Gasteiger partial charge in [-0.2, -0.15) is 5.26 Å². The van der Waals surface area contributed by atoms with Gasteiger partial charge in [0.1, 0.15) is 16.6 Å². The number of hydrogen-bond donors (Lipinski definition) is 1. The molecule has 0 bridgehead atoms. The van der Waals surface area contributed by atoms with Crippen molar-refractivity contribution in [2.75, 3.05) is 19.0 Å². The van der Waals surface area contributed by atoms with Gasteiger partial charge in [-0.05, 0) is 18.9 Å². The van der Waals surface area contributed by atoms with Crippen LogP contribution in [0.4, 0.5) is 5.13 Å². The Labute approximate surface area is 160 Å². The van der Waals surface area contributed by atoms with Crippen LogP contribution >= 0.6 is 22.7 Å². The maximum atomic E-state index is 9.32. The maximum absolute atomic E-state index is 9.32. The summed E-state index contributed by atoms with van der Waals surface area (Å²) in [4.78, 5) is 8.93. The van der Waals surface area contributed by atoms with Crippen molar-refractivity contribution in [3.8, 4) is 17.3 Å². The molecule has 0 unspecified atom stereocenters. The van der Waals surface area contributed by atoms with Crippen LogP contribution in [0.1, 0.15) is 16.3 Å². The van der Waals surface area contributed by atoms with Gasteiger partial charge in [0.05, 0.1) is 12.3 Å². The summed E-state index contributed by atoms with van der Waals surface area (Å²) in [7, 11) is 1.71. The standard InChI is InChI=1S/C19H18N4OS2/c1-13-11-25-18(22-13)16(9-20)10-21-19-23-17(12-26-19)15-5-3-14(4-6-15)7-8-24-2/h3-6,10-12H,7-8H2,1-2H3,(H,21,23)/b16-10+. The zero-order valence-electron chi connectivity index (χ0n) is 14.5. The van der Waals surface area contributed by atoms with Crippen molar-refractivity contribution in [1.29, 1.82) is 5.26 Å². The number of nitrogens with one attached hydrogen (secondary N) is 1. The fraction of sp³-hybridized carbons (Fsp3) is 0.211. The number of allylic oxidation sites excluding steroid dienone is 1. The third-order valence-electron chi connectivity index (χ3n) is 3.66. The van der Waals surface area contributed by atoms with Gasteiger partial charge in [0, 0.05) is 35.3 Å². The molecule has 2 aromatic heterocycles. The van der Waals surface area contributed by atoms with E-state index in [9.17, 15) is 5.26 Å². The van der Waals surface area contributed by atoms with Crippen LogP contribution < -0.4 is 5.32 Å². The average Bonchev–Trinajstić information content (AvgIpc) is 3.30. The van der Waals surface area contributed by atoms with Gasteiger partial charge in [0.2, 0.25) is 0 Å². The predicted molar refractivity (Wildman–Crippen MR) is 107 cm³/mol. The normalized spacial score (nSPS) is 11.3. The van der Waals surface area contributed by atoms with Crippen LogP contribution in [-0.4, -0.2) is 23.7 Å². The summed E-state index contributed by atoms with van der Waals surface area (Å²) in [5.41, 5.74) is 4.63. The molecule has 0 fully saturated rings. The molecule has 0 aliphatic heterocycles. The minimum Gasteiger partial charge on any atom is -0.384 e. The quantitative estimate of drug-likeness (QED) is 0.598. The second kappa shape index (κ2) is 8.72. The lowest BCUT2D eigenvalue weighted by Crippen LogP contribution is -1.94. The lowest BCUT2D eigenvalue weighted by molar-refractivity contribution is 0.202. The van der Waals surface area contributed by atoms with E-state index in [4.69, 9.17) is 4.74 Å². The molecule has 5 nitrogen and oxygen atoms in total. The molecule has 3 rings (SSSR count). The monoisotopic (exact) mass is 382 g/mol. The van der Waals surface area contributed by atoms with Crippen LogP contribution in [-0.2, 0) is 11.2 Å². The van der Waals surface area contributed by atoms with Crippen molar-refractivity contribution in [3.05, 3.63) is 57.5 Å². The Morgan fingerprint density at radius 1 is 1.23 bits per heavy atom. The Morgan fingerprint density at radius 2 is 2.04 bits per heavy atom. The van der Waals surface area contributed by atoms with E-state index < -0.39 is 0 Å². The Morgan fingerprint density at radius 3 is 2.69 bits per heavy atom. The average molecular weight is 383 g/mol. The molecular weight excluding hydrogens is 364 g/mol. The molecule has 26 heavy (non-hydrogen) atoms. The van der Waals surface area contributed by atoms with Crippen LogP contribution in [0.3, 0.4) is 0 Å². The third-order valence-corrected chi connectivity index (χ3v) is 5.43. The van der Waals surface area contributed by atoms with Crippen LogP contribution in [0.2, 0.25) is 0 Å². The first-order valence-electron chi connectivity index (χ1n) is 8.02. The van der Waals surface area contributed by atoms with Crippen molar-refractivity contribution in [2.24, 2.45) is 0 Å². The Bertz CT molecular complexity index is 935.